The first kappa shape index (κ1) is 16.2. The maximum atomic E-state index is 13.7. The van der Waals surface area contributed by atoms with Crippen LogP contribution >= 0.6 is 34.8 Å². The first-order valence-corrected chi connectivity index (χ1v) is 5.76. The second kappa shape index (κ2) is 6.07. The number of hydrogen-bond acceptors (Lipinski definition) is 3. The maximum absolute atomic E-state index is 13.7. The Hall–Kier alpha value is -0.850. The summed E-state index contributed by atoms with van der Waals surface area (Å²) in [4.78, 5) is 11.5. The Morgan fingerprint density at radius 2 is 1.84 bits per heavy atom. The third kappa shape index (κ3) is 4.06. The molecule has 0 aliphatic carbocycles. The Bertz CT molecular complexity index is 503. The molecule has 1 aromatic carbocycles. The average Bonchev–Trinajstić information content (AvgIpc) is 2.30. The summed E-state index contributed by atoms with van der Waals surface area (Å²) < 4.78 is 46.8. The molecule has 0 fully saturated rings. The second-order valence-electron chi connectivity index (χ2n) is 3.26. The number of rotatable bonds is 3. The fraction of sp³-hybridized carbons (Fsp3) is 0.300. The Morgan fingerprint density at radius 3 is 2.32 bits per heavy atom. The summed E-state index contributed by atoms with van der Waals surface area (Å²) in [5.74, 6) is -6.80. The largest absolute Gasteiger partial charge is 0.491 e. The number of hydrogen-bond donors (Lipinski definition) is 0. The molecular weight excluding hydrogens is 331 g/mol. The van der Waals surface area contributed by atoms with E-state index >= 15 is 0 Å². The molecule has 0 spiro atoms. The number of methoxy groups -OCH3 is 1. The van der Waals surface area contributed by atoms with Gasteiger partial charge in [0, 0.05) is 0 Å². The highest BCUT2D eigenvalue weighted by Crippen LogP contribution is 2.29. The number of esters is 1. The van der Waals surface area contributed by atoms with Crippen LogP contribution in [0, 0.1) is 17.5 Å². The lowest BCUT2D eigenvalue weighted by Crippen LogP contribution is -2.18. The molecule has 0 N–H and O–H groups in total. The summed E-state index contributed by atoms with van der Waals surface area (Å²) in [5, 5.41) is 0. The van der Waals surface area contributed by atoms with E-state index in [2.05, 4.69) is 9.47 Å². The van der Waals surface area contributed by atoms with Crippen LogP contribution in [0.1, 0.15) is 10.4 Å². The third-order valence-corrected chi connectivity index (χ3v) is 2.23. The lowest BCUT2D eigenvalue weighted by molar-refractivity contribution is 0.0505. The predicted octanol–water partition coefficient (Wildman–Crippen LogP) is 3.64. The molecule has 9 heteroatoms. The van der Waals surface area contributed by atoms with E-state index in [0.717, 1.165) is 7.11 Å². The highest BCUT2D eigenvalue weighted by Gasteiger charge is 2.27. The first-order valence-electron chi connectivity index (χ1n) is 4.62. The summed E-state index contributed by atoms with van der Waals surface area (Å²) >= 11 is 16.0. The zero-order valence-electron chi connectivity index (χ0n) is 9.28. The molecule has 1 rings (SSSR count). The van der Waals surface area contributed by atoms with E-state index in [1.54, 1.807) is 0 Å². The van der Waals surface area contributed by atoms with Gasteiger partial charge in [-0.15, -0.1) is 0 Å². The van der Waals surface area contributed by atoms with Gasteiger partial charge >= 0.3 is 5.97 Å². The molecule has 1 aromatic rings. The average molecular weight is 338 g/mol. The summed E-state index contributed by atoms with van der Waals surface area (Å²) in [5.41, 5.74) is -0.870. The van der Waals surface area contributed by atoms with Crippen LogP contribution in [0.25, 0.3) is 0 Å². The normalized spacial score (nSPS) is 11.3. The first-order chi connectivity index (χ1) is 8.67. The molecule has 0 heterocycles. The van der Waals surface area contributed by atoms with Crippen molar-refractivity contribution in [1.29, 1.82) is 0 Å². The third-order valence-electron chi connectivity index (χ3n) is 1.91. The second-order valence-corrected chi connectivity index (χ2v) is 5.77. The van der Waals surface area contributed by atoms with Gasteiger partial charge in [0.25, 0.3) is 0 Å². The predicted molar refractivity (Wildman–Crippen MR) is 63.4 cm³/mol. The maximum Gasteiger partial charge on any atom is 0.341 e. The van der Waals surface area contributed by atoms with Gasteiger partial charge in [-0.05, 0) is 6.07 Å². The number of alkyl halides is 3. The van der Waals surface area contributed by atoms with Crippen LogP contribution in [0.4, 0.5) is 13.2 Å². The van der Waals surface area contributed by atoms with E-state index in [9.17, 15) is 18.0 Å². The van der Waals surface area contributed by atoms with Gasteiger partial charge in [-0.1, -0.05) is 34.8 Å². The van der Waals surface area contributed by atoms with E-state index in [1.807, 2.05) is 0 Å². The number of carbonyl (C=O) groups excluding carboxylic acids is 1. The summed E-state index contributed by atoms with van der Waals surface area (Å²) in [6.07, 6.45) is 0. The van der Waals surface area contributed by atoms with Crippen molar-refractivity contribution in [3.63, 3.8) is 0 Å². The fourth-order valence-electron chi connectivity index (χ4n) is 1.13. The smallest absolute Gasteiger partial charge is 0.341 e. The van der Waals surface area contributed by atoms with E-state index < -0.39 is 45.1 Å². The number of ether oxygens (including phenoxy) is 2. The zero-order valence-corrected chi connectivity index (χ0v) is 11.5. The van der Waals surface area contributed by atoms with E-state index in [-0.39, 0.29) is 0 Å². The van der Waals surface area contributed by atoms with Crippen LogP contribution in [-0.4, -0.2) is 23.5 Å². The number of benzene rings is 1. The SMILES string of the molecule is COc1c(F)c(F)cc(C(=O)OCC(Cl)(Cl)Cl)c1F. The Morgan fingerprint density at radius 1 is 1.26 bits per heavy atom. The van der Waals surface area contributed by atoms with Gasteiger partial charge in [-0.25, -0.2) is 13.6 Å². The Kier molecular flexibility index (Phi) is 5.18. The molecule has 0 aliphatic rings. The fourth-order valence-corrected chi connectivity index (χ4v) is 1.30. The number of carbonyl (C=O) groups is 1. The van der Waals surface area contributed by atoms with E-state index in [1.165, 1.54) is 0 Å². The Balaban J connectivity index is 3.07. The van der Waals surface area contributed by atoms with Crippen molar-refractivity contribution in [2.45, 2.75) is 3.79 Å². The summed E-state index contributed by atoms with van der Waals surface area (Å²) in [7, 11) is 0.914. The molecule has 19 heavy (non-hydrogen) atoms. The highest BCUT2D eigenvalue weighted by atomic mass is 35.6. The molecule has 0 aromatic heterocycles. The van der Waals surface area contributed by atoms with E-state index in [4.69, 9.17) is 34.8 Å². The lowest BCUT2D eigenvalue weighted by atomic mass is 10.2. The van der Waals surface area contributed by atoms with Gasteiger partial charge in [-0.3, -0.25) is 0 Å². The van der Waals surface area contributed by atoms with Crippen LogP contribution in [0.15, 0.2) is 6.07 Å². The minimum absolute atomic E-state index is 0.327. The van der Waals surface area contributed by atoms with Crippen molar-refractivity contribution in [3.8, 4) is 5.75 Å². The van der Waals surface area contributed by atoms with Gasteiger partial charge in [-0.2, -0.15) is 4.39 Å². The molecular formula is C10H6Cl3F3O3. The molecule has 0 saturated heterocycles. The summed E-state index contributed by atoms with van der Waals surface area (Å²) in [6, 6.07) is 0.327. The molecule has 0 radical (unpaired) electrons. The molecule has 106 valence electrons. The molecule has 0 aliphatic heterocycles. The van der Waals surface area contributed by atoms with Crippen molar-refractivity contribution >= 4 is 40.8 Å². The standard InChI is InChI=1S/C10H6Cl3F3O3/c1-18-8-6(15)4(2-5(14)7(8)16)9(17)19-3-10(11,12)13/h2H,3H2,1H3. The van der Waals surface area contributed by atoms with Crippen molar-refractivity contribution < 1.29 is 27.4 Å². The van der Waals surface area contributed by atoms with E-state index in [0.29, 0.717) is 6.07 Å². The Labute approximate surface area is 121 Å². The molecule has 0 bridgehead atoms. The minimum Gasteiger partial charge on any atom is -0.491 e. The minimum atomic E-state index is -1.91. The molecule has 0 saturated carbocycles. The molecule has 0 atom stereocenters. The highest BCUT2D eigenvalue weighted by molar-refractivity contribution is 6.67. The van der Waals surface area contributed by atoms with Gasteiger partial charge in [0.2, 0.25) is 9.61 Å². The topological polar surface area (TPSA) is 35.5 Å². The van der Waals surface area contributed by atoms with Gasteiger partial charge < -0.3 is 9.47 Å². The van der Waals surface area contributed by atoms with Crippen molar-refractivity contribution in [1.82, 2.24) is 0 Å². The van der Waals surface area contributed by atoms with Crippen molar-refractivity contribution in [2.75, 3.05) is 13.7 Å². The molecule has 0 unspecified atom stereocenters. The van der Waals surface area contributed by atoms with Gasteiger partial charge in [0.1, 0.15) is 12.2 Å². The monoisotopic (exact) mass is 336 g/mol. The quantitative estimate of drug-likeness (QED) is 0.480. The molecule has 0 amide bonds. The van der Waals surface area contributed by atoms with Crippen molar-refractivity contribution in [3.05, 3.63) is 29.1 Å². The zero-order chi connectivity index (χ0) is 14.8. The van der Waals surface area contributed by atoms with Crippen LogP contribution in [0.3, 0.4) is 0 Å². The van der Waals surface area contributed by atoms with Crippen LogP contribution in [0.5, 0.6) is 5.75 Å². The van der Waals surface area contributed by atoms with Gasteiger partial charge in [0.15, 0.2) is 17.4 Å². The lowest BCUT2D eigenvalue weighted by Gasteiger charge is -2.13. The van der Waals surface area contributed by atoms with Crippen LogP contribution in [-0.2, 0) is 4.74 Å². The van der Waals surface area contributed by atoms with Crippen LogP contribution < -0.4 is 4.74 Å². The van der Waals surface area contributed by atoms with Crippen LogP contribution in [0.2, 0.25) is 0 Å². The number of halogens is 6. The van der Waals surface area contributed by atoms with Gasteiger partial charge in [0.05, 0.1) is 7.11 Å². The van der Waals surface area contributed by atoms with Crippen molar-refractivity contribution in [2.24, 2.45) is 0 Å². The summed E-state index contributed by atoms with van der Waals surface area (Å²) in [6.45, 7) is -0.683. The molecule has 3 nitrogen and oxygen atoms in total.